The average molecular weight is 1270 g/mol. The van der Waals surface area contributed by atoms with Crippen LogP contribution in [0.15, 0.2) is 278 Å². The summed E-state index contributed by atoms with van der Waals surface area (Å²) in [5.41, 5.74) is 19.5. The summed E-state index contributed by atoms with van der Waals surface area (Å²) in [6.45, 7) is 0. The molecular weight excluding hydrogens is 1230 g/mol. The van der Waals surface area contributed by atoms with Gasteiger partial charge in [0.05, 0.1) is 5.69 Å². The van der Waals surface area contributed by atoms with Crippen molar-refractivity contribution in [2.24, 2.45) is 0 Å². The van der Waals surface area contributed by atoms with E-state index in [1.165, 1.54) is 21.5 Å². The molecule has 0 atom stereocenters. The van der Waals surface area contributed by atoms with E-state index < -0.39 is 0 Å². The number of furan rings is 1. The van der Waals surface area contributed by atoms with Gasteiger partial charge in [-0.2, -0.15) is 0 Å². The maximum Gasteiger partial charge on any atom is 3.00 e. The Morgan fingerprint density at radius 2 is 0.733 bits per heavy atom. The Morgan fingerprint density at radius 3 is 1.28 bits per heavy atom. The minimum atomic E-state index is 0. The standard InChI is InChI=1S/C80H45N4O.Ir/c1-3-19-57(55(17-1)49-32-36-69-72(46-49)63-25-9-7-23-61(63)67-28-15-40-82-77(67)69)52-43-53(58-20-4-2-18-56(58)50-33-37-70-73(47-50)64-26-10-8-24-62(64)68-29-16-41-83-78(68)70)45-54(44-52)59-21-5-6-22-60(59)65-35-34-51(75-30-13-14-39-81-75)48-74(65)79-80-71(38-42-84-79)66-27-11-12-31-76(66)85-80;/h1-33,35,38-48H;/q-3;+3. The Labute approximate surface area is 508 Å². The minimum Gasteiger partial charge on any atom is -0.454 e. The predicted octanol–water partition coefficient (Wildman–Crippen LogP) is 20.8. The Morgan fingerprint density at radius 1 is 0.279 bits per heavy atom. The summed E-state index contributed by atoms with van der Waals surface area (Å²) >= 11 is 0. The zero-order chi connectivity index (χ0) is 56.0. The summed E-state index contributed by atoms with van der Waals surface area (Å²) in [6.07, 6.45) is 7.47. The summed E-state index contributed by atoms with van der Waals surface area (Å²) in [5.74, 6) is 0. The molecule has 5 nitrogen and oxygen atoms in total. The van der Waals surface area contributed by atoms with Crippen LogP contribution in [0.1, 0.15) is 0 Å². The van der Waals surface area contributed by atoms with Crippen LogP contribution in [0.3, 0.4) is 0 Å². The van der Waals surface area contributed by atoms with Crippen LogP contribution in [-0.4, -0.2) is 19.9 Å². The first kappa shape index (κ1) is 50.9. The Balaban J connectivity index is 0.00000600. The molecule has 0 saturated heterocycles. The van der Waals surface area contributed by atoms with Gasteiger partial charge in [-0.1, -0.05) is 224 Å². The van der Waals surface area contributed by atoms with Crippen molar-refractivity contribution in [1.82, 2.24) is 19.9 Å². The fourth-order valence-electron chi connectivity index (χ4n) is 13.1. The van der Waals surface area contributed by atoms with Crippen molar-refractivity contribution < 1.29 is 24.5 Å². The Hall–Kier alpha value is -10.8. The van der Waals surface area contributed by atoms with E-state index in [2.05, 4.69) is 218 Å². The molecule has 5 heterocycles. The number of aromatic nitrogens is 4. The molecule has 5 aromatic heterocycles. The number of para-hydroxylation sites is 1. The van der Waals surface area contributed by atoms with Crippen molar-refractivity contribution in [3.05, 3.63) is 292 Å². The molecule has 0 aliphatic rings. The van der Waals surface area contributed by atoms with Gasteiger partial charge in [0, 0.05) is 35.6 Å². The molecule has 0 aliphatic carbocycles. The van der Waals surface area contributed by atoms with E-state index in [-0.39, 0.29) is 20.1 Å². The van der Waals surface area contributed by atoms with Crippen molar-refractivity contribution >= 4 is 86.8 Å². The van der Waals surface area contributed by atoms with Crippen molar-refractivity contribution in [3.8, 4) is 89.3 Å². The van der Waals surface area contributed by atoms with Crippen LogP contribution in [0, 0.1) is 18.2 Å². The normalized spacial score (nSPS) is 11.6. The molecule has 6 heteroatoms. The molecule has 400 valence electrons. The molecular formula is C80H45IrN4O. The van der Waals surface area contributed by atoms with Crippen LogP contribution in [0.5, 0.6) is 0 Å². The third-order valence-corrected chi connectivity index (χ3v) is 17.0. The van der Waals surface area contributed by atoms with Gasteiger partial charge >= 0.3 is 20.1 Å². The van der Waals surface area contributed by atoms with Crippen molar-refractivity contribution in [2.75, 3.05) is 0 Å². The first-order valence-electron chi connectivity index (χ1n) is 28.6. The van der Waals surface area contributed by atoms with Crippen LogP contribution in [0.2, 0.25) is 0 Å². The van der Waals surface area contributed by atoms with Crippen LogP contribution in [-0.2, 0) is 20.1 Å². The van der Waals surface area contributed by atoms with Gasteiger partial charge in [0.25, 0.3) is 0 Å². The van der Waals surface area contributed by atoms with Crippen LogP contribution >= 0.6 is 0 Å². The van der Waals surface area contributed by atoms with Crippen molar-refractivity contribution in [1.29, 1.82) is 0 Å². The van der Waals surface area contributed by atoms with Gasteiger partial charge in [0.15, 0.2) is 5.58 Å². The average Bonchev–Trinajstić information content (AvgIpc) is 1.26. The maximum absolute atomic E-state index is 6.74. The van der Waals surface area contributed by atoms with E-state index >= 15 is 0 Å². The van der Waals surface area contributed by atoms with Gasteiger partial charge in [0.2, 0.25) is 0 Å². The fraction of sp³-hybridized carbons (Fsp3) is 0. The second-order valence-corrected chi connectivity index (χ2v) is 21.7. The summed E-state index contributed by atoms with van der Waals surface area (Å²) < 4.78 is 6.74. The van der Waals surface area contributed by atoms with Crippen LogP contribution in [0.4, 0.5) is 0 Å². The summed E-state index contributed by atoms with van der Waals surface area (Å²) in [6, 6.07) is 99.6. The van der Waals surface area contributed by atoms with Gasteiger partial charge in [-0.25, -0.2) is 0 Å². The van der Waals surface area contributed by atoms with E-state index in [1.807, 2.05) is 73.3 Å². The summed E-state index contributed by atoms with van der Waals surface area (Å²) in [4.78, 5) is 19.8. The van der Waals surface area contributed by atoms with E-state index in [4.69, 9.17) is 24.4 Å². The third-order valence-electron chi connectivity index (χ3n) is 17.0. The largest absolute Gasteiger partial charge is 3.00 e. The Kier molecular flexibility index (Phi) is 12.3. The number of nitrogens with zero attached hydrogens (tertiary/aromatic N) is 4. The molecule has 0 unspecified atom stereocenters. The van der Waals surface area contributed by atoms with Crippen molar-refractivity contribution in [3.63, 3.8) is 0 Å². The number of pyridine rings is 4. The molecule has 17 rings (SSSR count). The van der Waals surface area contributed by atoms with Gasteiger partial charge in [0.1, 0.15) is 5.58 Å². The SMILES string of the molecule is [Ir+3].[c-]1cc(-c2ccccc2-c2cc(-c3ccccc3-c3c[c-]c4c(c3)c3ccccc3c3cccnc43)cc(-c3ccccc3-c3c[c-]c4c(c3)c3ccccc3c3cccnc43)c2)c(-c2nccc3c2oc2ccccc23)cc1-c1ccccn1. The molecule has 0 N–H and O–H groups in total. The summed E-state index contributed by atoms with van der Waals surface area (Å²) in [7, 11) is 0. The first-order valence-corrected chi connectivity index (χ1v) is 28.6. The molecule has 0 fully saturated rings. The molecule has 0 spiro atoms. The fourth-order valence-corrected chi connectivity index (χ4v) is 13.1. The van der Waals surface area contributed by atoms with Gasteiger partial charge in [-0.05, 0) is 120 Å². The Bertz CT molecular complexity index is 5290. The third kappa shape index (κ3) is 8.33. The van der Waals surface area contributed by atoms with E-state index in [1.54, 1.807) is 0 Å². The molecule has 17 aromatic rings. The number of rotatable bonds is 8. The van der Waals surface area contributed by atoms with Crippen LogP contribution < -0.4 is 0 Å². The predicted molar refractivity (Wildman–Crippen MR) is 350 cm³/mol. The zero-order valence-electron chi connectivity index (χ0n) is 46.0. The first-order chi connectivity index (χ1) is 42.2. The number of hydrogen-bond donors (Lipinski definition) is 0. The molecule has 0 saturated carbocycles. The van der Waals surface area contributed by atoms with Gasteiger partial charge in [-0.3, -0.25) is 4.98 Å². The molecule has 86 heavy (non-hydrogen) atoms. The molecule has 0 aliphatic heterocycles. The van der Waals surface area contributed by atoms with Gasteiger partial charge in [-0.15, -0.1) is 70.9 Å². The zero-order valence-corrected chi connectivity index (χ0v) is 48.4. The molecule has 0 amide bonds. The van der Waals surface area contributed by atoms with Crippen LogP contribution in [0.25, 0.3) is 176 Å². The monoisotopic (exact) mass is 1270 g/mol. The number of fused-ring (bicyclic) bond motifs is 15. The second-order valence-electron chi connectivity index (χ2n) is 21.7. The molecule has 12 aromatic carbocycles. The summed E-state index contributed by atoms with van der Waals surface area (Å²) in [5, 5.41) is 13.2. The van der Waals surface area contributed by atoms with E-state index in [9.17, 15) is 0 Å². The van der Waals surface area contributed by atoms with Gasteiger partial charge < -0.3 is 19.4 Å². The van der Waals surface area contributed by atoms with E-state index in [0.29, 0.717) is 0 Å². The van der Waals surface area contributed by atoms with E-state index in [0.717, 1.165) is 155 Å². The second kappa shape index (κ2) is 20.8. The number of benzene rings is 12. The van der Waals surface area contributed by atoms with Crippen molar-refractivity contribution in [2.45, 2.75) is 0 Å². The smallest absolute Gasteiger partial charge is 0.454 e. The quantitative estimate of drug-likeness (QED) is 0.112. The maximum atomic E-state index is 6.74. The minimum absolute atomic E-state index is 0. The molecule has 0 bridgehead atoms. The molecule has 0 radical (unpaired) electrons. The topological polar surface area (TPSA) is 64.7 Å². The number of hydrogen-bond acceptors (Lipinski definition) is 5.